The highest BCUT2D eigenvalue weighted by Gasteiger charge is 2.15. The topological polar surface area (TPSA) is 60.9 Å². The van der Waals surface area contributed by atoms with Crippen molar-refractivity contribution in [1.29, 1.82) is 0 Å². The van der Waals surface area contributed by atoms with Crippen molar-refractivity contribution >= 4 is 32.4 Å². The van der Waals surface area contributed by atoms with Crippen LogP contribution in [-0.2, 0) is 23.6 Å². The number of aryl methyl sites for hydroxylation is 3. The van der Waals surface area contributed by atoms with Gasteiger partial charge in [0.15, 0.2) is 0 Å². The summed E-state index contributed by atoms with van der Waals surface area (Å²) >= 11 is 3.49. The Hall–Kier alpha value is -1.14. The molecule has 2 rings (SSSR count). The van der Waals surface area contributed by atoms with E-state index in [0.717, 1.165) is 26.3 Å². The largest absolute Gasteiger partial charge is 0.399 e. The Morgan fingerprint density at radius 2 is 2.11 bits per heavy atom. The third kappa shape index (κ3) is 2.90. The highest BCUT2D eigenvalue weighted by Crippen LogP contribution is 2.25. The molecule has 0 aliphatic heterocycles. The summed E-state index contributed by atoms with van der Waals surface area (Å²) in [6.07, 6.45) is 0. The minimum atomic E-state index is -1.11. The molecule has 0 aliphatic rings. The van der Waals surface area contributed by atoms with Crippen LogP contribution in [0.15, 0.2) is 27.6 Å². The Bertz CT molecular complexity index is 652. The molecular formula is C13H16BrN3OS. The normalized spacial score (nSPS) is 12.6. The number of aromatic nitrogens is 2. The van der Waals surface area contributed by atoms with Crippen LogP contribution in [0.5, 0.6) is 0 Å². The zero-order chi connectivity index (χ0) is 14.2. The molecule has 0 saturated heterocycles. The molecular weight excluding hydrogens is 326 g/mol. The van der Waals surface area contributed by atoms with Gasteiger partial charge in [0.05, 0.1) is 32.4 Å². The van der Waals surface area contributed by atoms with Crippen molar-refractivity contribution in [1.82, 2.24) is 9.78 Å². The van der Waals surface area contributed by atoms with Crippen LogP contribution in [0.25, 0.3) is 0 Å². The number of nitrogens with two attached hydrogens (primary N) is 1. The highest BCUT2D eigenvalue weighted by atomic mass is 79.9. The predicted octanol–water partition coefficient (Wildman–Crippen LogP) is 2.69. The molecule has 1 aromatic heterocycles. The molecule has 0 saturated carbocycles. The average molecular weight is 342 g/mol. The minimum Gasteiger partial charge on any atom is -0.399 e. The van der Waals surface area contributed by atoms with Crippen molar-refractivity contribution in [3.8, 4) is 0 Å². The molecule has 0 aliphatic carbocycles. The fraction of sp³-hybridized carbons (Fsp3) is 0.308. The maximum atomic E-state index is 12.5. The standard InChI is InChI=1S/C13H16BrN3OS/c1-8-6-10(15)4-5-12(8)19(18)7-11-13(14)9(2)16-17(11)3/h4-6H,7,15H2,1-3H3. The Labute approximate surface area is 123 Å². The van der Waals surface area contributed by atoms with E-state index in [1.54, 1.807) is 10.7 Å². The molecule has 0 fully saturated rings. The van der Waals surface area contributed by atoms with Crippen molar-refractivity contribution in [2.75, 3.05) is 5.73 Å². The molecule has 19 heavy (non-hydrogen) atoms. The van der Waals surface area contributed by atoms with E-state index in [2.05, 4.69) is 21.0 Å². The average Bonchev–Trinajstić information content (AvgIpc) is 2.56. The van der Waals surface area contributed by atoms with Crippen molar-refractivity contribution in [3.05, 3.63) is 39.6 Å². The van der Waals surface area contributed by atoms with Gasteiger partial charge in [-0.1, -0.05) is 0 Å². The molecule has 1 aromatic carbocycles. The van der Waals surface area contributed by atoms with Crippen LogP contribution in [-0.4, -0.2) is 14.0 Å². The van der Waals surface area contributed by atoms with E-state index < -0.39 is 10.8 Å². The smallest absolute Gasteiger partial charge is 0.0738 e. The van der Waals surface area contributed by atoms with Crippen LogP contribution in [0.2, 0.25) is 0 Å². The van der Waals surface area contributed by atoms with Gasteiger partial charge >= 0.3 is 0 Å². The monoisotopic (exact) mass is 341 g/mol. The van der Waals surface area contributed by atoms with Crippen LogP contribution in [0.4, 0.5) is 5.69 Å². The summed E-state index contributed by atoms with van der Waals surface area (Å²) in [4.78, 5) is 0.819. The van der Waals surface area contributed by atoms with Gasteiger partial charge in [0.25, 0.3) is 0 Å². The number of anilines is 1. The van der Waals surface area contributed by atoms with Gasteiger partial charge in [-0.15, -0.1) is 0 Å². The summed E-state index contributed by atoms with van der Waals surface area (Å²) in [5, 5.41) is 4.31. The first-order valence-electron chi connectivity index (χ1n) is 5.82. The molecule has 6 heteroatoms. The number of halogens is 1. The molecule has 102 valence electrons. The van der Waals surface area contributed by atoms with Crippen molar-refractivity contribution in [2.24, 2.45) is 7.05 Å². The fourth-order valence-electron chi connectivity index (χ4n) is 1.97. The Morgan fingerprint density at radius 1 is 1.42 bits per heavy atom. The van der Waals surface area contributed by atoms with Crippen LogP contribution in [0, 0.1) is 13.8 Å². The van der Waals surface area contributed by atoms with Crippen LogP contribution < -0.4 is 5.73 Å². The van der Waals surface area contributed by atoms with E-state index >= 15 is 0 Å². The Kier molecular flexibility index (Phi) is 4.10. The van der Waals surface area contributed by atoms with Gasteiger partial charge < -0.3 is 5.73 Å². The van der Waals surface area contributed by atoms with E-state index in [4.69, 9.17) is 5.73 Å². The Balaban J connectivity index is 2.31. The molecule has 0 radical (unpaired) electrons. The van der Waals surface area contributed by atoms with E-state index in [-0.39, 0.29) is 0 Å². The zero-order valence-electron chi connectivity index (χ0n) is 11.1. The highest BCUT2D eigenvalue weighted by molar-refractivity contribution is 9.10. The third-order valence-corrected chi connectivity index (χ3v) is 5.49. The van der Waals surface area contributed by atoms with E-state index in [9.17, 15) is 4.21 Å². The molecule has 0 amide bonds. The van der Waals surface area contributed by atoms with Crippen molar-refractivity contribution < 1.29 is 4.21 Å². The fourth-order valence-corrected chi connectivity index (χ4v) is 4.00. The molecule has 0 spiro atoms. The molecule has 1 heterocycles. The molecule has 2 N–H and O–H groups in total. The van der Waals surface area contributed by atoms with Crippen LogP contribution >= 0.6 is 15.9 Å². The summed E-state index contributed by atoms with van der Waals surface area (Å²) in [5.74, 6) is 0.433. The first kappa shape index (κ1) is 14.3. The molecule has 4 nitrogen and oxygen atoms in total. The lowest BCUT2D eigenvalue weighted by molar-refractivity contribution is 0.675. The number of hydrogen-bond acceptors (Lipinski definition) is 3. The summed E-state index contributed by atoms with van der Waals surface area (Å²) in [7, 11) is 0.753. The van der Waals surface area contributed by atoms with Gasteiger partial charge in [0, 0.05) is 17.6 Å². The maximum absolute atomic E-state index is 12.5. The van der Waals surface area contributed by atoms with Crippen LogP contribution in [0.3, 0.4) is 0 Å². The summed E-state index contributed by atoms with van der Waals surface area (Å²) < 4.78 is 15.2. The lowest BCUT2D eigenvalue weighted by Gasteiger charge is -2.07. The second kappa shape index (κ2) is 5.46. The number of hydrogen-bond donors (Lipinski definition) is 1. The van der Waals surface area contributed by atoms with Gasteiger partial charge in [-0.05, 0) is 53.5 Å². The van der Waals surface area contributed by atoms with Gasteiger partial charge in [0.2, 0.25) is 0 Å². The SMILES string of the molecule is Cc1cc(N)ccc1S(=O)Cc1c(Br)c(C)nn1C. The summed E-state index contributed by atoms with van der Waals surface area (Å²) in [6.45, 7) is 3.85. The number of nitrogen functional groups attached to an aromatic ring is 1. The van der Waals surface area contributed by atoms with Crippen molar-refractivity contribution in [3.63, 3.8) is 0 Å². The maximum Gasteiger partial charge on any atom is 0.0738 e. The van der Waals surface area contributed by atoms with Crippen LogP contribution in [0.1, 0.15) is 17.0 Å². The lowest BCUT2D eigenvalue weighted by Crippen LogP contribution is -2.05. The zero-order valence-corrected chi connectivity index (χ0v) is 13.5. The quantitative estimate of drug-likeness (QED) is 0.873. The number of rotatable bonds is 3. The second-order valence-electron chi connectivity index (χ2n) is 4.48. The molecule has 1 atom stereocenters. The van der Waals surface area contributed by atoms with Gasteiger partial charge in [-0.2, -0.15) is 5.10 Å². The third-order valence-electron chi connectivity index (χ3n) is 2.97. The van der Waals surface area contributed by atoms with Gasteiger partial charge in [0.1, 0.15) is 0 Å². The molecule has 0 bridgehead atoms. The van der Waals surface area contributed by atoms with Gasteiger partial charge in [-0.3, -0.25) is 8.89 Å². The first-order valence-corrected chi connectivity index (χ1v) is 7.94. The molecule has 2 aromatic rings. The predicted molar refractivity (Wildman–Crippen MR) is 81.3 cm³/mol. The van der Waals surface area contributed by atoms with E-state index in [1.807, 2.05) is 33.0 Å². The minimum absolute atomic E-state index is 0.433. The van der Waals surface area contributed by atoms with E-state index in [0.29, 0.717) is 11.4 Å². The Morgan fingerprint density at radius 3 is 2.63 bits per heavy atom. The summed E-state index contributed by atoms with van der Waals surface area (Å²) in [6, 6.07) is 5.46. The number of benzene rings is 1. The molecule has 1 unspecified atom stereocenters. The van der Waals surface area contributed by atoms with Gasteiger partial charge in [-0.25, -0.2) is 0 Å². The number of nitrogens with zero attached hydrogens (tertiary/aromatic N) is 2. The first-order chi connectivity index (χ1) is 8.90. The summed E-state index contributed by atoms with van der Waals surface area (Å²) in [5.41, 5.74) is 9.20. The van der Waals surface area contributed by atoms with Crippen molar-refractivity contribution in [2.45, 2.75) is 24.5 Å². The lowest BCUT2D eigenvalue weighted by atomic mass is 10.2. The second-order valence-corrected chi connectivity index (χ2v) is 6.70. The van der Waals surface area contributed by atoms with E-state index in [1.165, 1.54) is 0 Å².